The summed E-state index contributed by atoms with van der Waals surface area (Å²) in [4.78, 5) is 0. The SMILES string of the molecule is Cl.Cl.Cl.[GeH4]. The minimum absolute atomic E-state index is 0. The average Bonchev–Trinajstić information content (AvgIpc) is 0. The molecule has 4 heteroatoms. The topological polar surface area (TPSA) is 0 Å². The summed E-state index contributed by atoms with van der Waals surface area (Å²) in [5, 5.41) is 0. The Bertz CT molecular complexity index is 3.25. The van der Waals surface area contributed by atoms with Gasteiger partial charge in [0.1, 0.15) is 0 Å². The van der Waals surface area contributed by atoms with Crippen LogP contribution in [0.3, 0.4) is 0 Å². The first-order valence-electron chi connectivity index (χ1n) is 0. The number of rotatable bonds is 0. The molecular formula is H7Cl3Ge. The van der Waals surface area contributed by atoms with Gasteiger partial charge >= 0.3 is 17.6 Å². The maximum atomic E-state index is 0. The quantitative estimate of drug-likeness (QED) is 0.460. The van der Waals surface area contributed by atoms with Crippen molar-refractivity contribution in [1.29, 1.82) is 0 Å². The van der Waals surface area contributed by atoms with E-state index in [2.05, 4.69) is 0 Å². The molecule has 0 aliphatic heterocycles. The monoisotopic (exact) mass is 186 g/mol. The first-order valence-corrected chi connectivity index (χ1v) is 0. The molecule has 0 aromatic heterocycles. The van der Waals surface area contributed by atoms with E-state index in [9.17, 15) is 0 Å². The number of halogens is 3. The molecular weight excluding hydrogens is 179 g/mol. The summed E-state index contributed by atoms with van der Waals surface area (Å²) in [6, 6.07) is 0. The fraction of sp³-hybridized carbons (Fsp3) is 0. The molecule has 0 atom stereocenters. The van der Waals surface area contributed by atoms with Crippen LogP contribution >= 0.6 is 37.2 Å². The van der Waals surface area contributed by atoms with Gasteiger partial charge in [-0.05, 0) is 0 Å². The summed E-state index contributed by atoms with van der Waals surface area (Å²) in [6.07, 6.45) is 0. The maximum absolute atomic E-state index is 0. The Morgan fingerprint density at radius 2 is 0.500 bits per heavy atom. The van der Waals surface area contributed by atoms with Crippen molar-refractivity contribution in [2.75, 3.05) is 0 Å². The molecule has 0 bridgehead atoms. The van der Waals surface area contributed by atoms with E-state index in [0.717, 1.165) is 0 Å². The molecule has 0 aliphatic carbocycles. The first kappa shape index (κ1) is 52.8. The van der Waals surface area contributed by atoms with Crippen LogP contribution in [0.5, 0.6) is 0 Å². The van der Waals surface area contributed by atoms with Crippen LogP contribution in [0.15, 0.2) is 0 Å². The second kappa shape index (κ2) is 25.7. The normalized spacial score (nSPS) is 0. The van der Waals surface area contributed by atoms with Crippen molar-refractivity contribution in [1.82, 2.24) is 0 Å². The Morgan fingerprint density at radius 1 is 0.500 bits per heavy atom. The molecule has 0 N–H and O–H groups in total. The molecule has 0 radical (unpaired) electrons. The van der Waals surface area contributed by atoms with Gasteiger partial charge in [0.2, 0.25) is 0 Å². The van der Waals surface area contributed by atoms with Gasteiger partial charge in [-0.3, -0.25) is 0 Å². The standard InChI is InChI=1S/3ClH.GeH4/h3*1H;1H4. The van der Waals surface area contributed by atoms with Crippen LogP contribution in [-0.2, 0) is 0 Å². The molecule has 0 unspecified atom stereocenters. The van der Waals surface area contributed by atoms with Gasteiger partial charge in [-0.2, -0.15) is 0 Å². The fourth-order valence-corrected chi connectivity index (χ4v) is 0. The van der Waals surface area contributed by atoms with E-state index in [1.54, 1.807) is 0 Å². The molecule has 0 amide bonds. The molecule has 4 heavy (non-hydrogen) atoms. The molecule has 0 aromatic carbocycles. The molecule has 0 rings (SSSR count). The van der Waals surface area contributed by atoms with Crippen LogP contribution in [0.4, 0.5) is 0 Å². The van der Waals surface area contributed by atoms with Gasteiger partial charge in [-0.25, -0.2) is 0 Å². The summed E-state index contributed by atoms with van der Waals surface area (Å²) < 4.78 is 0. The van der Waals surface area contributed by atoms with Crippen molar-refractivity contribution in [3.63, 3.8) is 0 Å². The van der Waals surface area contributed by atoms with Crippen LogP contribution in [0.1, 0.15) is 0 Å². The molecule has 0 aliphatic rings. The summed E-state index contributed by atoms with van der Waals surface area (Å²) in [5.74, 6) is 0. The molecule has 0 saturated carbocycles. The Hall–Kier alpha value is 1.41. The Balaban J connectivity index is 0. The van der Waals surface area contributed by atoms with Gasteiger partial charge in [-0.1, -0.05) is 0 Å². The third-order valence-corrected chi connectivity index (χ3v) is 0. The minimum atomic E-state index is 0. The van der Waals surface area contributed by atoms with Crippen molar-refractivity contribution in [3.8, 4) is 0 Å². The molecule has 0 heterocycles. The Morgan fingerprint density at radius 3 is 0.500 bits per heavy atom. The summed E-state index contributed by atoms with van der Waals surface area (Å²) in [5.41, 5.74) is 0. The predicted octanol–water partition coefficient (Wildman–Crippen LogP) is -0.186. The molecule has 0 saturated heterocycles. The summed E-state index contributed by atoms with van der Waals surface area (Å²) in [7, 11) is 0. The first-order chi connectivity index (χ1) is 0. The van der Waals surface area contributed by atoms with Gasteiger partial charge in [0.25, 0.3) is 0 Å². The van der Waals surface area contributed by atoms with Crippen molar-refractivity contribution < 1.29 is 0 Å². The molecule has 0 spiro atoms. The molecule has 32 valence electrons. The van der Waals surface area contributed by atoms with Crippen LogP contribution in [0.2, 0.25) is 0 Å². The van der Waals surface area contributed by atoms with Crippen molar-refractivity contribution in [3.05, 3.63) is 0 Å². The average molecular weight is 186 g/mol. The van der Waals surface area contributed by atoms with Gasteiger partial charge in [0.15, 0.2) is 0 Å². The second-order valence-electron chi connectivity index (χ2n) is 0. The molecule has 0 aromatic rings. The van der Waals surface area contributed by atoms with E-state index in [1.807, 2.05) is 0 Å². The zero-order valence-corrected chi connectivity index (χ0v) is 3.67. The second-order valence-corrected chi connectivity index (χ2v) is 0. The van der Waals surface area contributed by atoms with E-state index in [0.29, 0.717) is 0 Å². The van der Waals surface area contributed by atoms with Crippen LogP contribution in [-0.4, -0.2) is 17.6 Å². The van der Waals surface area contributed by atoms with E-state index in [-0.39, 0.29) is 54.8 Å². The third kappa shape index (κ3) is 9.95. The number of hydrogen-bond donors (Lipinski definition) is 0. The van der Waals surface area contributed by atoms with E-state index in [1.165, 1.54) is 0 Å². The molecule has 0 fully saturated rings. The Kier molecular flexibility index (Phi) is 340. The van der Waals surface area contributed by atoms with Crippen molar-refractivity contribution in [2.24, 2.45) is 0 Å². The fourth-order valence-electron chi connectivity index (χ4n) is 0. The summed E-state index contributed by atoms with van der Waals surface area (Å²) in [6.45, 7) is 0. The van der Waals surface area contributed by atoms with E-state index in [4.69, 9.17) is 0 Å². The summed E-state index contributed by atoms with van der Waals surface area (Å²) >= 11 is 0. The Labute approximate surface area is 54.9 Å². The van der Waals surface area contributed by atoms with Crippen LogP contribution < -0.4 is 0 Å². The van der Waals surface area contributed by atoms with Crippen LogP contribution in [0, 0.1) is 0 Å². The van der Waals surface area contributed by atoms with Crippen molar-refractivity contribution in [2.45, 2.75) is 0 Å². The van der Waals surface area contributed by atoms with Gasteiger partial charge in [0, 0.05) is 0 Å². The van der Waals surface area contributed by atoms with E-state index >= 15 is 0 Å². The van der Waals surface area contributed by atoms with Crippen LogP contribution in [0.25, 0.3) is 0 Å². The van der Waals surface area contributed by atoms with E-state index < -0.39 is 0 Å². The predicted molar refractivity (Wildman–Crippen MR) is 33.1 cm³/mol. The van der Waals surface area contributed by atoms with Crippen molar-refractivity contribution >= 4 is 54.8 Å². The molecule has 0 nitrogen and oxygen atoms in total. The number of hydrogen-bond acceptors (Lipinski definition) is 0. The van der Waals surface area contributed by atoms with Gasteiger partial charge < -0.3 is 0 Å². The van der Waals surface area contributed by atoms with Gasteiger partial charge in [-0.15, -0.1) is 37.2 Å². The van der Waals surface area contributed by atoms with Gasteiger partial charge in [0.05, 0.1) is 0 Å². The zero-order chi connectivity index (χ0) is 0. The zero-order valence-electron chi connectivity index (χ0n) is 1.22. The third-order valence-electron chi connectivity index (χ3n) is 0.